The molecule has 240 valence electrons. The van der Waals surface area contributed by atoms with Crippen molar-refractivity contribution in [3.05, 3.63) is 77.4 Å². The quantitative estimate of drug-likeness (QED) is 0.192. The lowest BCUT2D eigenvalue weighted by Gasteiger charge is -2.29. The SMILES string of the molecule is CCCCC1CCC(CCC(F)(F)Oc2ccc(-c3ccc(-c4cc(F)c(C(C)C(F)(F)F)c(F)c4)c(F)c3)c(F)c2)CC1. The van der Waals surface area contributed by atoms with Gasteiger partial charge in [-0.05, 0) is 66.6 Å². The molecule has 10 heteroatoms. The zero-order valence-corrected chi connectivity index (χ0v) is 24.5. The molecule has 0 spiro atoms. The van der Waals surface area contributed by atoms with Crippen LogP contribution in [0.25, 0.3) is 22.3 Å². The van der Waals surface area contributed by atoms with Crippen LogP contribution in [-0.2, 0) is 0 Å². The highest BCUT2D eigenvalue weighted by atomic mass is 19.4. The van der Waals surface area contributed by atoms with Crippen molar-refractivity contribution in [2.75, 3.05) is 0 Å². The Morgan fingerprint density at radius 1 is 0.705 bits per heavy atom. The Morgan fingerprint density at radius 3 is 1.77 bits per heavy atom. The number of alkyl halides is 5. The number of unbranched alkanes of at least 4 members (excludes halogenated alkanes) is 1. The van der Waals surface area contributed by atoms with E-state index < -0.39 is 59.2 Å². The van der Waals surface area contributed by atoms with Gasteiger partial charge in [0.2, 0.25) is 0 Å². The first-order valence-electron chi connectivity index (χ1n) is 14.9. The largest absolute Gasteiger partial charge is 0.432 e. The van der Waals surface area contributed by atoms with E-state index in [-0.39, 0.29) is 28.2 Å². The molecule has 3 aromatic carbocycles. The van der Waals surface area contributed by atoms with Gasteiger partial charge in [-0.15, -0.1) is 0 Å². The Balaban J connectivity index is 1.42. The maximum atomic E-state index is 15.0. The Morgan fingerprint density at radius 2 is 1.23 bits per heavy atom. The molecule has 3 aromatic rings. The molecule has 0 amide bonds. The van der Waals surface area contributed by atoms with E-state index in [0.717, 1.165) is 62.4 Å². The standard InChI is InChI=1S/C34H35F9O/c1-3-4-5-21-6-8-22(9-7-21)14-15-33(39,40)44-25-11-13-26(29(36)19-25)23-10-12-27(28(35)16-23)24-17-30(37)32(31(38)18-24)20(2)34(41,42)43/h10-13,16-22H,3-9,14-15H2,1-2H3. The average molecular weight is 631 g/mol. The normalized spacial score (nSPS) is 18.3. The fraction of sp³-hybridized carbons (Fsp3) is 0.471. The van der Waals surface area contributed by atoms with Crippen LogP contribution in [0.15, 0.2) is 48.5 Å². The van der Waals surface area contributed by atoms with Gasteiger partial charge in [0.05, 0.1) is 12.3 Å². The molecule has 0 N–H and O–H groups in total. The summed E-state index contributed by atoms with van der Waals surface area (Å²) in [5.74, 6) is -6.89. The van der Waals surface area contributed by atoms with Gasteiger partial charge in [-0.2, -0.15) is 22.0 Å². The summed E-state index contributed by atoms with van der Waals surface area (Å²) < 4.78 is 132. The Bertz CT molecular complexity index is 1400. The van der Waals surface area contributed by atoms with Crippen LogP contribution in [0.2, 0.25) is 0 Å². The van der Waals surface area contributed by atoms with Crippen molar-refractivity contribution in [3.63, 3.8) is 0 Å². The maximum Gasteiger partial charge on any atom is 0.397 e. The minimum absolute atomic E-state index is 0.000132. The first-order valence-corrected chi connectivity index (χ1v) is 14.9. The molecule has 1 nitrogen and oxygen atoms in total. The van der Waals surface area contributed by atoms with E-state index in [1.807, 2.05) is 0 Å². The molecule has 0 aromatic heterocycles. The van der Waals surface area contributed by atoms with Crippen molar-refractivity contribution in [1.82, 2.24) is 0 Å². The second kappa shape index (κ2) is 13.9. The summed E-state index contributed by atoms with van der Waals surface area (Å²) in [7, 11) is 0. The van der Waals surface area contributed by atoms with E-state index in [1.54, 1.807) is 0 Å². The van der Waals surface area contributed by atoms with E-state index >= 15 is 4.39 Å². The van der Waals surface area contributed by atoms with Crippen molar-refractivity contribution in [1.29, 1.82) is 0 Å². The fourth-order valence-corrected chi connectivity index (χ4v) is 5.92. The second-order valence-corrected chi connectivity index (χ2v) is 11.8. The highest BCUT2D eigenvalue weighted by Gasteiger charge is 2.40. The molecule has 1 fully saturated rings. The van der Waals surface area contributed by atoms with Crippen LogP contribution in [0.1, 0.15) is 83.1 Å². The van der Waals surface area contributed by atoms with Crippen molar-refractivity contribution in [2.45, 2.75) is 89.8 Å². The van der Waals surface area contributed by atoms with Crippen molar-refractivity contribution in [3.8, 4) is 28.0 Å². The van der Waals surface area contributed by atoms with Crippen LogP contribution in [0, 0.1) is 35.1 Å². The summed E-state index contributed by atoms with van der Waals surface area (Å²) in [5.41, 5.74) is -2.00. The molecule has 0 aliphatic heterocycles. The van der Waals surface area contributed by atoms with Gasteiger partial charge in [0.15, 0.2) is 0 Å². The molecular formula is C34H35F9O. The summed E-state index contributed by atoms with van der Waals surface area (Å²) in [5, 5.41) is 0. The zero-order chi connectivity index (χ0) is 32.2. The summed E-state index contributed by atoms with van der Waals surface area (Å²) in [6.45, 7) is 2.76. The summed E-state index contributed by atoms with van der Waals surface area (Å²) in [6.07, 6.45) is -1.14. The minimum atomic E-state index is -4.89. The summed E-state index contributed by atoms with van der Waals surface area (Å²) in [4.78, 5) is 0. The van der Waals surface area contributed by atoms with E-state index in [0.29, 0.717) is 31.4 Å². The van der Waals surface area contributed by atoms with E-state index in [1.165, 1.54) is 18.9 Å². The van der Waals surface area contributed by atoms with Crippen molar-refractivity contribution in [2.24, 2.45) is 11.8 Å². The molecular weight excluding hydrogens is 595 g/mol. The van der Waals surface area contributed by atoms with Gasteiger partial charge < -0.3 is 4.74 Å². The van der Waals surface area contributed by atoms with E-state index in [4.69, 9.17) is 4.74 Å². The number of hydrogen-bond donors (Lipinski definition) is 0. The molecule has 4 rings (SSSR count). The number of benzene rings is 3. The fourth-order valence-electron chi connectivity index (χ4n) is 5.92. The third-order valence-electron chi connectivity index (χ3n) is 8.58. The third kappa shape index (κ3) is 8.30. The van der Waals surface area contributed by atoms with Crippen LogP contribution in [0.5, 0.6) is 5.75 Å². The third-order valence-corrected chi connectivity index (χ3v) is 8.58. The molecule has 1 saturated carbocycles. The van der Waals surface area contributed by atoms with Crippen LogP contribution < -0.4 is 4.74 Å². The van der Waals surface area contributed by atoms with E-state index in [9.17, 15) is 35.1 Å². The molecule has 0 saturated heterocycles. The predicted molar refractivity (Wildman–Crippen MR) is 151 cm³/mol. The highest BCUT2D eigenvalue weighted by molar-refractivity contribution is 5.72. The van der Waals surface area contributed by atoms with Gasteiger partial charge in [-0.25, -0.2) is 17.6 Å². The molecule has 1 aliphatic carbocycles. The number of halogens is 9. The second-order valence-electron chi connectivity index (χ2n) is 11.8. The van der Waals surface area contributed by atoms with Crippen LogP contribution in [0.3, 0.4) is 0 Å². The lowest BCUT2D eigenvalue weighted by molar-refractivity contribution is -0.183. The Kier molecular flexibility index (Phi) is 10.6. The molecule has 1 atom stereocenters. The Hall–Kier alpha value is -3.17. The van der Waals surface area contributed by atoms with Crippen LogP contribution >= 0.6 is 0 Å². The molecule has 1 aliphatic rings. The number of rotatable bonds is 11. The number of ether oxygens (including phenoxy) is 1. The summed E-state index contributed by atoms with van der Waals surface area (Å²) >= 11 is 0. The monoisotopic (exact) mass is 630 g/mol. The first-order chi connectivity index (χ1) is 20.7. The predicted octanol–water partition coefficient (Wildman–Crippen LogP) is 12.0. The lowest BCUT2D eigenvalue weighted by Crippen LogP contribution is -2.26. The lowest BCUT2D eigenvalue weighted by atomic mass is 9.78. The molecule has 0 bridgehead atoms. The zero-order valence-electron chi connectivity index (χ0n) is 24.5. The van der Waals surface area contributed by atoms with Crippen molar-refractivity contribution < 1.29 is 44.3 Å². The highest BCUT2D eigenvalue weighted by Crippen LogP contribution is 2.40. The van der Waals surface area contributed by atoms with Crippen LogP contribution in [-0.4, -0.2) is 12.3 Å². The molecule has 0 radical (unpaired) electrons. The smallest absolute Gasteiger partial charge is 0.397 e. The summed E-state index contributed by atoms with van der Waals surface area (Å²) in [6, 6.07) is 7.49. The first kappa shape index (κ1) is 33.7. The van der Waals surface area contributed by atoms with Gasteiger partial charge in [0.1, 0.15) is 29.0 Å². The van der Waals surface area contributed by atoms with Gasteiger partial charge in [0.25, 0.3) is 0 Å². The Labute approximate surface area is 251 Å². The van der Waals surface area contributed by atoms with Gasteiger partial charge in [-0.1, -0.05) is 64.0 Å². The number of hydrogen-bond acceptors (Lipinski definition) is 1. The van der Waals surface area contributed by atoms with Crippen LogP contribution in [0.4, 0.5) is 39.5 Å². The maximum absolute atomic E-state index is 15.0. The van der Waals surface area contributed by atoms with Gasteiger partial charge >= 0.3 is 12.3 Å². The topological polar surface area (TPSA) is 9.23 Å². The molecule has 0 heterocycles. The van der Waals surface area contributed by atoms with Gasteiger partial charge in [0, 0.05) is 22.8 Å². The molecule has 1 unspecified atom stereocenters. The van der Waals surface area contributed by atoms with Gasteiger partial charge in [-0.3, -0.25) is 0 Å². The minimum Gasteiger partial charge on any atom is -0.432 e. The van der Waals surface area contributed by atoms with E-state index in [2.05, 4.69) is 6.92 Å². The average Bonchev–Trinajstić information content (AvgIpc) is 2.94. The molecule has 44 heavy (non-hydrogen) atoms. The van der Waals surface area contributed by atoms with Crippen molar-refractivity contribution >= 4 is 0 Å².